The van der Waals surface area contributed by atoms with Crippen LogP contribution in [0.5, 0.6) is 5.75 Å². The summed E-state index contributed by atoms with van der Waals surface area (Å²) in [7, 11) is 0. The Balaban J connectivity index is 1.96. The number of unbranched alkanes of at least 4 members (excludes halogenated alkanes) is 2. The Kier molecular flexibility index (Phi) is 6.89. The van der Waals surface area contributed by atoms with E-state index in [-0.39, 0.29) is 11.7 Å². The highest BCUT2D eigenvalue weighted by molar-refractivity contribution is 9.09. The fourth-order valence-corrected chi connectivity index (χ4v) is 4.04. The number of alkyl halides is 1. The van der Waals surface area contributed by atoms with Crippen LogP contribution in [0, 0.1) is 5.92 Å². The Hall–Kier alpha value is -2.14. The quantitative estimate of drug-likeness (QED) is 0.253. The summed E-state index contributed by atoms with van der Waals surface area (Å²) in [5.41, 5.74) is 2.48. The van der Waals surface area contributed by atoms with Crippen molar-refractivity contribution >= 4 is 26.9 Å². The smallest absolute Gasteiger partial charge is 0.336 e. The SMILES string of the molecule is CC(CCCCCBr)C(C)c1cc(O)c2c(-c3ccncc3)cc(=O)oc2c1. The van der Waals surface area contributed by atoms with Crippen LogP contribution in [0.1, 0.15) is 51.0 Å². The molecule has 0 saturated heterocycles. The van der Waals surface area contributed by atoms with Crippen LogP contribution in [0.4, 0.5) is 0 Å². The number of hydrogen-bond acceptors (Lipinski definition) is 4. The number of fused-ring (bicyclic) bond motifs is 1. The van der Waals surface area contributed by atoms with Gasteiger partial charge in [-0.25, -0.2) is 4.79 Å². The second-order valence-electron chi connectivity index (χ2n) is 7.43. The topological polar surface area (TPSA) is 63.3 Å². The number of nitrogens with zero attached hydrogens (tertiary/aromatic N) is 1. The predicted octanol–water partition coefficient (Wildman–Crippen LogP) is 6.26. The maximum absolute atomic E-state index is 12.1. The lowest BCUT2D eigenvalue weighted by Crippen LogP contribution is -2.07. The average Bonchev–Trinajstić information content (AvgIpc) is 2.70. The first kappa shape index (κ1) is 20.6. The van der Waals surface area contributed by atoms with E-state index in [1.807, 2.05) is 24.3 Å². The Morgan fingerprint density at radius 1 is 1.11 bits per heavy atom. The standard InChI is InChI=1S/C23H26BrNO3/c1-15(6-4-3-5-9-24)16(2)18-12-20(26)23-19(17-7-10-25-11-8-17)14-22(27)28-21(23)13-18/h7-8,10-16,26H,3-6,9H2,1-2H3. The minimum absolute atomic E-state index is 0.140. The Morgan fingerprint density at radius 3 is 2.57 bits per heavy atom. The highest BCUT2D eigenvalue weighted by Crippen LogP contribution is 2.38. The third kappa shape index (κ3) is 4.64. The molecule has 28 heavy (non-hydrogen) atoms. The van der Waals surface area contributed by atoms with Gasteiger partial charge in [-0.2, -0.15) is 0 Å². The Bertz CT molecular complexity index is 984. The molecule has 0 fully saturated rings. The normalized spacial score (nSPS) is 13.5. The summed E-state index contributed by atoms with van der Waals surface area (Å²) in [4.78, 5) is 16.2. The molecule has 0 bridgehead atoms. The van der Waals surface area contributed by atoms with E-state index in [0.717, 1.165) is 22.9 Å². The van der Waals surface area contributed by atoms with Crippen molar-refractivity contribution in [2.45, 2.75) is 45.4 Å². The summed E-state index contributed by atoms with van der Waals surface area (Å²) in [6.07, 6.45) is 8.07. The molecule has 2 aromatic heterocycles. The molecule has 3 aromatic rings. The molecule has 148 valence electrons. The van der Waals surface area contributed by atoms with E-state index in [2.05, 4.69) is 34.8 Å². The molecule has 0 saturated carbocycles. The predicted molar refractivity (Wildman–Crippen MR) is 117 cm³/mol. The summed E-state index contributed by atoms with van der Waals surface area (Å²) >= 11 is 3.47. The second kappa shape index (κ2) is 9.37. The molecule has 0 aliphatic rings. The van der Waals surface area contributed by atoms with Gasteiger partial charge in [0.15, 0.2) is 0 Å². The molecule has 4 nitrogen and oxygen atoms in total. The van der Waals surface area contributed by atoms with E-state index in [4.69, 9.17) is 4.42 Å². The summed E-state index contributed by atoms with van der Waals surface area (Å²) < 4.78 is 5.45. The van der Waals surface area contributed by atoms with Crippen LogP contribution in [0.15, 0.2) is 51.9 Å². The van der Waals surface area contributed by atoms with E-state index in [9.17, 15) is 9.90 Å². The van der Waals surface area contributed by atoms with Gasteiger partial charge >= 0.3 is 5.63 Å². The molecule has 2 heterocycles. The zero-order valence-corrected chi connectivity index (χ0v) is 17.9. The van der Waals surface area contributed by atoms with Gasteiger partial charge in [-0.3, -0.25) is 4.98 Å². The van der Waals surface area contributed by atoms with Gasteiger partial charge in [0, 0.05) is 29.4 Å². The van der Waals surface area contributed by atoms with Crippen molar-refractivity contribution in [1.82, 2.24) is 4.98 Å². The number of hydrogen-bond donors (Lipinski definition) is 1. The molecule has 0 amide bonds. The summed E-state index contributed by atoms with van der Waals surface area (Å²) in [6.45, 7) is 4.41. The molecule has 0 aliphatic heterocycles. The zero-order chi connectivity index (χ0) is 20.1. The molecule has 2 atom stereocenters. The van der Waals surface area contributed by atoms with Crippen LogP contribution in [-0.4, -0.2) is 15.4 Å². The van der Waals surface area contributed by atoms with Crippen LogP contribution < -0.4 is 5.63 Å². The molecule has 3 rings (SSSR count). The molecule has 2 unspecified atom stereocenters. The molecule has 1 aromatic carbocycles. The van der Waals surface area contributed by atoms with Gasteiger partial charge in [0.2, 0.25) is 0 Å². The van der Waals surface area contributed by atoms with Crippen molar-refractivity contribution in [3.05, 3.63) is 58.7 Å². The highest BCUT2D eigenvalue weighted by atomic mass is 79.9. The van der Waals surface area contributed by atoms with E-state index in [1.165, 1.54) is 25.3 Å². The number of phenolic OH excluding ortho intramolecular Hbond substituents is 1. The van der Waals surface area contributed by atoms with Crippen molar-refractivity contribution in [2.24, 2.45) is 5.92 Å². The lowest BCUT2D eigenvalue weighted by atomic mass is 9.84. The highest BCUT2D eigenvalue weighted by Gasteiger charge is 2.19. The van der Waals surface area contributed by atoms with E-state index in [0.29, 0.717) is 22.5 Å². The van der Waals surface area contributed by atoms with Crippen molar-refractivity contribution in [2.75, 3.05) is 5.33 Å². The number of aromatic hydroxyl groups is 1. The van der Waals surface area contributed by atoms with Crippen LogP contribution in [0.3, 0.4) is 0 Å². The van der Waals surface area contributed by atoms with E-state index < -0.39 is 5.63 Å². The van der Waals surface area contributed by atoms with Crippen molar-refractivity contribution in [3.63, 3.8) is 0 Å². The van der Waals surface area contributed by atoms with Gasteiger partial charge in [-0.05, 0) is 53.6 Å². The first-order chi connectivity index (χ1) is 13.5. The van der Waals surface area contributed by atoms with Crippen LogP contribution >= 0.6 is 15.9 Å². The fraction of sp³-hybridized carbons (Fsp3) is 0.391. The molecule has 0 aliphatic carbocycles. The maximum atomic E-state index is 12.1. The molecule has 0 radical (unpaired) electrons. The number of aromatic nitrogens is 1. The number of pyridine rings is 1. The monoisotopic (exact) mass is 443 g/mol. The third-order valence-corrected chi connectivity index (χ3v) is 6.07. The van der Waals surface area contributed by atoms with Gasteiger partial charge in [-0.1, -0.05) is 49.0 Å². The van der Waals surface area contributed by atoms with Gasteiger partial charge in [0.05, 0.1) is 5.39 Å². The van der Waals surface area contributed by atoms with Gasteiger partial charge < -0.3 is 9.52 Å². The molecular weight excluding hydrogens is 418 g/mol. The van der Waals surface area contributed by atoms with Crippen LogP contribution in [0.2, 0.25) is 0 Å². The minimum atomic E-state index is -0.425. The molecule has 0 spiro atoms. The van der Waals surface area contributed by atoms with Crippen molar-refractivity contribution < 1.29 is 9.52 Å². The number of benzene rings is 1. The third-order valence-electron chi connectivity index (χ3n) is 5.51. The first-order valence-corrected chi connectivity index (χ1v) is 10.9. The summed E-state index contributed by atoms with van der Waals surface area (Å²) in [6, 6.07) is 8.78. The number of phenols is 1. The minimum Gasteiger partial charge on any atom is -0.507 e. The van der Waals surface area contributed by atoms with Gasteiger partial charge in [0.1, 0.15) is 11.3 Å². The lowest BCUT2D eigenvalue weighted by molar-refractivity contribution is 0.427. The molecular formula is C23H26BrNO3. The van der Waals surface area contributed by atoms with E-state index in [1.54, 1.807) is 12.4 Å². The Labute approximate surface area is 173 Å². The summed E-state index contributed by atoms with van der Waals surface area (Å²) in [5.74, 6) is 0.873. The van der Waals surface area contributed by atoms with Gasteiger partial charge in [0.25, 0.3) is 0 Å². The van der Waals surface area contributed by atoms with Crippen LogP contribution in [0.25, 0.3) is 22.1 Å². The largest absolute Gasteiger partial charge is 0.507 e. The second-order valence-corrected chi connectivity index (χ2v) is 8.23. The van der Waals surface area contributed by atoms with Crippen molar-refractivity contribution in [1.29, 1.82) is 0 Å². The molecule has 1 N–H and O–H groups in total. The number of rotatable bonds is 8. The first-order valence-electron chi connectivity index (χ1n) is 9.78. The maximum Gasteiger partial charge on any atom is 0.336 e. The van der Waals surface area contributed by atoms with E-state index >= 15 is 0 Å². The number of halogens is 1. The fourth-order valence-electron chi connectivity index (χ4n) is 3.64. The lowest BCUT2D eigenvalue weighted by Gasteiger charge is -2.21. The Morgan fingerprint density at radius 2 is 1.86 bits per heavy atom. The van der Waals surface area contributed by atoms with Crippen molar-refractivity contribution in [3.8, 4) is 16.9 Å². The summed E-state index contributed by atoms with van der Waals surface area (Å²) in [5, 5.41) is 12.4. The van der Waals surface area contributed by atoms with Crippen LogP contribution in [-0.2, 0) is 0 Å². The average molecular weight is 444 g/mol. The molecule has 5 heteroatoms. The zero-order valence-electron chi connectivity index (χ0n) is 16.3. The van der Waals surface area contributed by atoms with Gasteiger partial charge in [-0.15, -0.1) is 0 Å².